The van der Waals surface area contributed by atoms with Gasteiger partial charge in [-0.15, -0.1) is 0 Å². The number of carbonyl (C=O) groups excluding carboxylic acids is 1. The van der Waals surface area contributed by atoms with Crippen LogP contribution in [-0.4, -0.2) is 46.2 Å². The Morgan fingerprint density at radius 2 is 2.27 bits per heavy atom. The number of hydrogen-bond acceptors (Lipinski definition) is 4. The number of anilines is 1. The maximum Gasteiger partial charge on any atom is 0.244 e. The minimum Gasteiger partial charge on any atom is -0.363 e. The highest BCUT2D eigenvalue weighted by molar-refractivity contribution is 5.76. The molecule has 1 aliphatic heterocycles. The smallest absolute Gasteiger partial charge is 0.244 e. The third-order valence-corrected chi connectivity index (χ3v) is 4.04. The Kier molecular flexibility index (Phi) is 4.09. The van der Waals surface area contributed by atoms with E-state index < -0.39 is 0 Å². The van der Waals surface area contributed by atoms with Gasteiger partial charge in [-0.25, -0.2) is 4.98 Å². The van der Waals surface area contributed by atoms with Crippen LogP contribution in [0.2, 0.25) is 0 Å². The average molecular weight is 299 g/mol. The van der Waals surface area contributed by atoms with Gasteiger partial charge in [0, 0.05) is 39.2 Å². The molecule has 1 amide bonds. The highest BCUT2D eigenvalue weighted by atomic mass is 16.2. The van der Waals surface area contributed by atoms with Crippen molar-refractivity contribution < 1.29 is 4.79 Å². The van der Waals surface area contributed by atoms with E-state index in [0.717, 1.165) is 30.8 Å². The number of aromatic nitrogens is 3. The zero-order valence-corrected chi connectivity index (χ0v) is 13.0. The van der Waals surface area contributed by atoms with Crippen molar-refractivity contribution in [3.05, 3.63) is 42.4 Å². The monoisotopic (exact) mass is 299 g/mol. The lowest BCUT2D eigenvalue weighted by molar-refractivity contribution is -0.133. The molecule has 2 aromatic heterocycles. The molecular formula is C16H21N5O. The van der Waals surface area contributed by atoms with E-state index in [1.54, 1.807) is 10.9 Å². The summed E-state index contributed by atoms with van der Waals surface area (Å²) < 4.78 is 1.68. The van der Waals surface area contributed by atoms with Crippen LogP contribution >= 0.6 is 0 Å². The predicted molar refractivity (Wildman–Crippen MR) is 84.5 cm³/mol. The van der Waals surface area contributed by atoms with E-state index in [9.17, 15) is 4.79 Å². The van der Waals surface area contributed by atoms with Crippen LogP contribution in [0.5, 0.6) is 0 Å². The first kappa shape index (κ1) is 14.6. The predicted octanol–water partition coefficient (Wildman–Crippen LogP) is 1.71. The summed E-state index contributed by atoms with van der Waals surface area (Å²) in [5, 5.41) is 4.12. The van der Waals surface area contributed by atoms with Crippen molar-refractivity contribution >= 4 is 11.7 Å². The van der Waals surface area contributed by atoms with Gasteiger partial charge in [-0.05, 0) is 36.6 Å². The van der Waals surface area contributed by atoms with E-state index in [4.69, 9.17) is 0 Å². The number of rotatable bonds is 4. The Morgan fingerprint density at radius 1 is 1.41 bits per heavy atom. The number of nitrogens with zero attached hydrogens (tertiary/aromatic N) is 5. The maximum atomic E-state index is 12.6. The topological polar surface area (TPSA) is 54.3 Å². The van der Waals surface area contributed by atoms with Gasteiger partial charge >= 0.3 is 0 Å². The maximum absolute atomic E-state index is 12.6. The second kappa shape index (κ2) is 6.17. The van der Waals surface area contributed by atoms with E-state index in [-0.39, 0.29) is 11.9 Å². The van der Waals surface area contributed by atoms with Crippen LogP contribution in [0.3, 0.4) is 0 Å². The van der Waals surface area contributed by atoms with Crippen molar-refractivity contribution in [2.24, 2.45) is 0 Å². The van der Waals surface area contributed by atoms with Crippen molar-refractivity contribution in [1.82, 2.24) is 19.7 Å². The van der Waals surface area contributed by atoms with Gasteiger partial charge in [0.2, 0.25) is 5.91 Å². The molecule has 6 nitrogen and oxygen atoms in total. The largest absolute Gasteiger partial charge is 0.363 e. The molecule has 0 bridgehead atoms. The Bertz CT molecular complexity index is 638. The Morgan fingerprint density at radius 3 is 3.00 bits per heavy atom. The molecule has 0 aliphatic carbocycles. The van der Waals surface area contributed by atoms with Crippen LogP contribution < -0.4 is 4.90 Å². The van der Waals surface area contributed by atoms with E-state index >= 15 is 0 Å². The molecule has 6 heteroatoms. The highest BCUT2D eigenvalue weighted by Crippen LogP contribution is 2.33. The second-order valence-corrected chi connectivity index (χ2v) is 5.79. The first-order chi connectivity index (χ1) is 10.6. The van der Waals surface area contributed by atoms with Crippen LogP contribution in [0.1, 0.15) is 24.4 Å². The molecule has 22 heavy (non-hydrogen) atoms. The molecule has 1 aliphatic rings. The van der Waals surface area contributed by atoms with Crippen LogP contribution in [0.4, 0.5) is 5.82 Å². The SMILES string of the molecule is CN(C)c1cc([C@@H]2CCCN2C(=O)Cn2cccn2)ccn1. The number of carbonyl (C=O) groups is 1. The summed E-state index contributed by atoms with van der Waals surface area (Å²) in [6.45, 7) is 1.11. The molecule has 2 aromatic rings. The quantitative estimate of drug-likeness (QED) is 0.862. The highest BCUT2D eigenvalue weighted by Gasteiger charge is 2.30. The third kappa shape index (κ3) is 2.95. The van der Waals surface area contributed by atoms with E-state index in [0.29, 0.717) is 6.54 Å². The fourth-order valence-corrected chi connectivity index (χ4v) is 2.92. The van der Waals surface area contributed by atoms with E-state index in [1.165, 1.54) is 0 Å². The molecule has 0 spiro atoms. The molecule has 116 valence electrons. The zero-order chi connectivity index (χ0) is 15.5. The van der Waals surface area contributed by atoms with Gasteiger partial charge in [0.15, 0.2) is 0 Å². The fraction of sp³-hybridized carbons (Fsp3) is 0.438. The molecule has 0 N–H and O–H groups in total. The standard InChI is InChI=1S/C16H21N5O/c1-19(2)15-11-13(6-8-17-15)14-5-3-10-21(14)16(22)12-20-9-4-7-18-20/h4,6-9,11,14H,3,5,10,12H2,1-2H3/t14-/m0/s1. The Balaban J connectivity index is 1.78. The lowest BCUT2D eigenvalue weighted by Crippen LogP contribution is -2.33. The molecule has 1 atom stereocenters. The summed E-state index contributed by atoms with van der Waals surface area (Å²) in [6, 6.07) is 6.06. The second-order valence-electron chi connectivity index (χ2n) is 5.79. The van der Waals surface area contributed by atoms with Crippen molar-refractivity contribution in [3.8, 4) is 0 Å². The number of pyridine rings is 1. The van der Waals surface area contributed by atoms with Gasteiger partial charge < -0.3 is 9.80 Å². The minimum absolute atomic E-state index is 0.120. The molecular weight excluding hydrogens is 278 g/mol. The Labute approximate surface area is 130 Å². The molecule has 3 heterocycles. The van der Waals surface area contributed by atoms with E-state index in [2.05, 4.69) is 16.1 Å². The van der Waals surface area contributed by atoms with Crippen LogP contribution in [0.15, 0.2) is 36.8 Å². The number of hydrogen-bond donors (Lipinski definition) is 0. The van der Waals surface area contributed by atoms with E-state index in [1.807, 2.05) is 48.4 Å². The van der Waals surface area contributed by atoms with Gasteiger partial charge in [-0.1, -0.05) is 0 Å². The first-order valence-electron chi connectivity index (χ1n) is 7.55. The molecule has 1 saturated heterocycles. The summed E-state index contributed by atoms with van der Waals surface area (Å²) in [6.07, 6.45) is 7.37. The van der Waals surface area contributed by atoms with Gasteiger partial charge in [-0.2, -0.15) is 5.10 Å². The average Bonchev–Trinajstić information content (AvgIpc) is 3.18. The van der Waals surface area contributed by atoms with Crippen molar-refractivity contribution in [2.45, 2.75) is 25.4 Å². The third-order valence-electron chi connectivity index (χ3n) is 4.04. The molecule has 0 saturated carbocycles. The minimum atomic E-state index is 0.120. The fourth-order valence-electron chi connectivity index (χ4n) is 2.92. The number of amides is 1. The summed E-state index contributed by atoms with van der Waals surface area (Å²) >= 11 is 0. The molecule has 0 radical (unpaired) electrons. The van der Waals surface area contributed by atoms with Gasteiger partial charge in [0.25, 0.3) is 0 Å². The van der Waals surface area contributed by atoms with Crippen LogP contribution in [0, 0.1) is 0 Å². The summed E-state index contributed by atoms with van der Waals surface area (Å²) in [5.41, 5.74) is 1.16. The van der Waals surface area contributed by atoms with Crippen molar-refractivity contribution in [3.63, 3.8) is 0 Å². The zero-order valence-electron chi connectivity index (χ0n) is 13.0. The molecule has 0 unspecified atom stereocenters. The lowest BCUT2D eigenvalue weighted by atomic mass is 10.1. The number of likely N-dealkylation sites (tertiary alicyclic amines) is 1. The molecule has 3 rings (SSSR count). The lowest BCUT2D eigenvalue weighted by Gasteiger charge is -2.26. The summed E-state index contributed by atoms with van der Waals surface area (Å²) in [7, 11) is 3.95. The van der Waals surface area contributed by atoms with Crippen molar-refractivity contribution in [1.29, 1.82) is 0 Å². The molecule has 1 fully saturated rings. The first-order valence-corrected chi connectivity index (χ1v) is 7.55. The van der Waals surface area contributed by atoms with Crippen LogP contribution in [-0.2, 0) is 11.3 Å². The van der Waals surface area contributed by atoms with Gasteiger partial charge in [0.05, 0.1) is 6.04 Å². The van der Waals surface area contributed by atoms with Crippen LogP contribution in [0.25, 0.3) is 0 Å². The Hall–Kier alpha value is -2.37. The summed E-state index contributed by atoms with van der Waals surface area (Å²) in [4.78, 5) is 20.9. The summed E-state index contributed by atoms with van der Waals surface area (Å²) in [5.74, 6) is 1.04. The van der Waals surface area contributed by atoms with Crippen molar-refractivity contribution in [2.75, 3.05) is 25.5 Å². The molecule has 0 aromatic carbocycles. The van der Waals surface area contributed by atoms with Gasteiger partial charge in [0.1, 0.15) is 12.4 Å². The normalized spacial score (nSPS) is 17.7. The van der Waals surface area contributed by atoms with Gasteiger partial charge in [-0.3, -0.25) is 9.48 Å².